The van der Waals surface area contributed by atoms with Crippen LogP contribution in [0.2, 0.25) is 0 Å². The van der Waals surface area contributed by atoms with Crippen molar-refractivity contribution >= 4 is 32.3 Å². The Hall–Kier alpha value is -7.23. The normalized spacial score (nSPS) is 13.1. The summed E-state index contributed by atoms with van der Waals surface area (Å²) in [4.78, 5) is 15.1. The van der Waals surface area contributed by atoms with E-state index in [0.29, 0.717) is 34.2 Å². The van der Waals surface area contributed by atoms with Crippen LogP contribution in [-0.2, 0) is 0 Å². The van der Waals surface area contributed by atoms with Gasteiger partial charge in [0.2, 0.25) is 0 Å². The van der Waals surface area contributed by atoms with E-state index < -0.39 is 24.2 Å². The smallest absolute Gasteiger partial charge is 0.164 e. The molecule has 3 heteroatoms. The second-order valence-electron chi connectivity index (χ2n) is 13.1. The van der Waals surface area contributed by atoms with Crippen LogP contribution in [0.25, 0.3) is 99.9 Å². The van der Waals surface area contributed by atoms with Crippen LogP contribution in [0.4, 0.5) is 0 Å². The van der Waals surface area contributed by atoms with E-state index in [1.54, 1.807) is 0 Å². The number of hydrogen-bond acceptors (Lipinski definition) is 3. The molecule has 9 aromatic carbocycles. The van der Waals surface area contributed by atoms with Crippen LogP contribution in [0.1, 0.15) is 9.60 Å². The highest BCUT2D eigenvalue weighted by Crippen LogP contribution is 2.40. The predicted octanol–water partition coefficient (Wildman–Crippen LogP) is 13.3. The molecule has 0 saturated carbocycles. The molecule has 0 aliphatic carbocycles. The Bertz CT molecular complexity index is 3390. The van der Waals surface area contributed by atoms with E-state index in [9.17, 15) is 2.74 Å². The summed E-state index contributed by atoms with van der Waals surface area (Å²) in [5.74, 6) is 1.47. The quantitative estimate of drug-likeness (QED) is 0.174. The molecule has 0 unspecified atom stereocenters. The van der Waals surface area contributed by atoms with Gasteiger partial charge in [-0.3, -0.25) is 0 Å². The molecule has 1 aromatic heterocycles. The summed E-state index contributed by atoms with van der Waals surface area (Å²) < 4.78 is 61.5. The summed E-state index contributed by atoms with van der Waals surface area (Å²) in [6.45, 7) is 0. The van der Waals surface area contributed by atoms with Crippen LogP contribution in [0.5, 0.6) is 0 Å². The molecule has 0 aliphatic rings. The summed E-state index contributed by atoms with van der Waals surface area (Å²) in [6, 6.07) is 49.3. The Balaban J connectivity index is 1.16. The zero-order chi connectivity index (χ0) is 41.9. The molecule has 1 heterocycles. The van der Waals surface area contributed by atoms with E-state index >= 15 is 0 Å². The Kier molecular flexibility index (Phi) is 6.17. The number of benzene rings is 9. The van der Waals surface area contributed by atoms with E-state index in [1.165, 1.54) is 0 Å². The highest BCUT2D eigenvalue weighted by Gasteiger charge is 2.17. The SMILES string of the molecule is [2H]c1c([2H])c([2H])c2c([2H])c(-c3ccc4ccccc4c3-c3cccc(-c4nc(-c5ccccc5)nc(-c5ccc6cc(-c7ccccc7)ccc6c5)n4)c3)c([2H])c([2H])c2c1[2H]. The third kappa shape index (κ3) is 5.88. The molecular formula is C51H33N3. The lowest BCUT2D eigenvalue weighted by Crippen LogP contribution is -2.00. The molecule has 0 saturated heterocycles. The monoisotopic (exact) mass is 694 g/mol. The van der Waals surface area contributed by atoms with Crippen LogP contribution in [0.3, 0.4) is 0 Å². The molecule has 0 amide bonds. The molecule has 0 bridgehead atoms. The molecule has 0 spiro atoms. The number of fused-ring (bicyclic) bond motifs is 3. The minimum absolute atomic E-state index is 0.0914. The summed E-state index contributed by atoms with van der Waals surface area (Å²) in [5, 5.41) is 3.67. The summed E-state index contributed by atoms with van der Waals surface area (Å²) in [6.07, 6.45) is 0. The summed E-state index contributed by atoms with van der Waals surface area (Å²) in [7, 11) is 0. The Labute approximate surface area is 323 Å². The van der Waals surface area contributed by atoms with Crippen molar-refractivity contribution < 1.29 is 9.60 Å². The highest BCUT2D eigenvalue weighted by atomic mass is 15.0. The second-order valence-corrected chi connectivity index (χ2v) is 13.1. The lowest BCUT2D eigenvalue weighted by Gasteiger charge is -2.16. The van der Waals surface area contributed by atoms with Crippen molar-refractivity contribution in [1.82, 2.24) is 15.0 Å². The third-order valence-electron chi connectivity index (χ3n) is 9.73. The van der Waals surface area contributed by atoms with Crippen LogP contribution in [-0.4, -0.2) is 15.0 Å². The van der Waals surface area contributed by atoms with Crippen LogP contribution in [0, 0.1) is 0 Å². The Morgan fingerprint density at radius 3 is 1.69 bits per heavy atom. The van der Waals surface area contributed by atoms with Crippen molar-refractivity contribution in [3.05, 3.63) is 200 Å². The summed E-state index contributed by atoms with van der Waals surface area (Å²) in [5.41, 5.74) is 6.69. The maximum atomic E-state index is 9.40. The number of nitrogens with zero attached hydrogens (tertiary/aromatic N) is 3. The van der Waals surface area contributed by atoms with Gasteiger partial charge in [0.25, 0.3) is 0 Å². The predicted molar refractivity (Wildman–Crippen MR) is 225 cm³/mol. The first kappa shape index (κ1) is 24.9. The van der Waals surface area contributed by atoms with E-state index in [0.717, 1.165) is 49.4 Å². The molecule has 0 aliphatic heterocycles. The van der Waals surface area contributed by atoms with Gasteiger partial charge in [-0.15, -0.1) is 0 Å². The largest absolute Gasteiger partial charge is 0.208 e. The van der Waals surface area contributed by atoms with Gasteiger partial charge in [0.05, 0.1) is 9.60 Å². The van der Waals surface area contributed by atoms with E-state index in [4.69, 9.17) is 21.8 Å². The van der Waals surface area contributed by atoms with Crippen LogP contribution < -0.4 is 0 Å². The van der Waals surface area contributed by atoms with Gasteiger partial charge in [-0.25, -0.2) is 15.0 Å². The van der Waals surface area contributed by atoms with Crippen molar-refractivity contribution in [2.75, 3.05) is 0 Å². The van der Waals surface area contributed by atoms with Gasteiger partial charge in [-0.1, -0.05) is 176 Å². The zero-order valence-corrected chi connectivity index (χ0v) is 28.9. The Morgan fingerprint density at radius 1 is 0.333 bits per heavy atom. The first-order valence-corrected chi connectivity index (χ1v) is 17.7. The van der Waals surface area contributed by atoms with Crippen molar-refractivity contribution in [3.63, 3.8) is 0 Å². The molecule has 0 radical (unpaired) electrons. The van der Waals surface area contributed by atoms with Crippen molar-refractivity contribution in [3.8, 4) is 67.5 Å². The first-order valence-electron chi connectivity index (χ1n) is 21.2. The van der Waals surface area contributed by atoms with Gasteiger partial charge in [-0.2, -0.15) is 0 Å². The van der Waals surface area contributed by atoms with Crippen molar-refractivity contribution in [2.45, 2.75) is 0 Å². The molecule has 54 heavy (non-hydrogen) atoms. The molecule has 0 fully saturated rings. The van der Waals surface area contributed by atoms with Gasteiger partial charge >= 0.3 is 0 Å². The highest BCUT2D eigenvalue weighted by molar-refractivity contribution is 6.05. The summed E-state index contributed by atoms with van der Waals surface area (Å²) >= 11 is 0. The van der Waals surface area contributed by atoms with Crippen LogP contribution in [0.15, 0.2) is 200 Å². The lowest BCUT2D eigenvalue weighted by molar-refractivity contribution is 1.07. The fraction of sp³-hybridized carbons (Fsp3) is 0. The van der Waals surface area contributed by atoms with E-state index in [2.05, 4.69) is 42.5 Å². The fourth-order valence-corrected chi connectivity index (χ4v) is 7.07. The molecular weight excluding hydrogens is 655 g/mol. The van der Waals surface area contributed by atoms with Gasteiger partial charge < -0.3 is 0 Å². The molecule has 10 rings (SSSR count). The van der Waals surface area contributed by atoms with E-state index in [1.807, 2.05) is 115 Å². The number of rotatable bonds is 6. The third-order valence-corrected chi connectivity index (χ3v) is 9.73. The van der Waals surface area contributed by atoms with Gasteiger partial charge in [0.1, 0.15) is 0 Å². The topological polar surface area (TPSA) is 38.7 Å². The maximum Gasteiger partial charge on any atom is 0.164 e. The van der Waals surface area contributed by atoms with Crippen molar-refractivity contribution in [2.24, 2.45) is 0 Å². The minimum atomic E-state index is -0.504. The zero-order valence-electron chi connectivity index (χ0n) is 35.9. The van der Waals surface area contributed by atoms with Gasteiger partial charge in [0, 0.05) is 16.7 Å². The molecule has 10 aromatic rings. The van der Waals surface area contributed by atoms with Crippen molar-refractivity contribution in [1.29, 1.82) is 0 Å². The maximum absolute atomic E-state index is 9.40. The average molecular weight is 695 g/mol. The van der Waals surface area contributed by atoms with Crippen LogP contribution >= 0.6 is 0 Å². The lowest BCUT2D eigenvalue weighted by atomic mass is 9.88. The fourth-order valence-electron chi connectivity index (χ4n) is 7.07. The molecule has 252 valence electrons. The second kappa shape index (κ2) is 13.4. The molecule has 3 nitrogen and oxygen atoms in total. The van der Waals surface area contributed by atoms with Gasteiger partial charge in [0.15, 0.2) is 17.5 Å². The first-order chi connectivity index (χ1) is 29.7. The van der Waals surface area contributed by atoms with Gasteiger partial charge in [-0.05, 0) is 89.9 Å². The number of aromatic nitrogens is 3. The average Bonchev–Trinajstić information content (AvgIpc) is 3.31. The molecule has 0 N–H and O–H groups in total. The standard InChI is InChI=1S/C51H33N3/c1-3-12-34(13-4-1)39-23-24-41-32-45(27-25-40(41)30-39)51-53-49(37-16-5-2-6-17-37)52-50(54-51)44-20-11-19-43(33-44)48-46-21-10-9-15-36(46)28-29-47(48)42-26-22-35-14-7-8-18-38(35)31-42/h1-33H/i7D,8D,14D,18D,22D,26D,31D. The van der Waals surface area contributed by atoms with E-state index in [-0.39, 0.29) is 34.5 Å². The molecule has 0 atom stereocenters. The minimum Gasteiger partial charge on any atom is -0.208 e. The number of hydrogen-bond donors (Lipinski definition) is 0. The Morgan fingerprint density at radius 2 is 0.907 bits per heavy atom.